The summed E-state index contributed by atoms with van der Waals surface area (Å²) in [5, 5.41) is 33.0. The Labute approximate surface area is 430 Å². The van der Waals surface area contributed by atoms with Gasteiger partial charge in [-0.3, -0.25) is 29.4 Å². The largest absolute Gasteiger partial charge is 0.491 e. The summed E-state index contributed by atoms with van der Waals surface area (Å²) in [6.07, 6.45) is 6.82. The number of esters is 1. The minimum Gasteiger partial charge on any atom is -0.491 e. The van der Waals surface area contributed by atoms with Crippen LogP contribution >= 0.6 is 0 Å². The number of nitrogens with zero attached hydrogens (tertiary/aromatic N) is 4. The van der Waals surface area contributed by atoms with Gasteiger partial charge < -0.3 is 29.3 Å². The molecule has 0 radical (unpaired) electrons. The van der Waals surface area contributed by atoms with Crippen LogP contribution in [0.2, 0.25) is 0 Å². The van der Waals surface area contributed by atoms with Crippen molar-refractivity contribution >= 4 is 35.3 Å². The summed E-state index contributed by atoms with van der Waals surface area (Å²) in [4.78, 5) is 79.5. The lowest BCUT2D eigenvalue weighted by Crippen LogP contribution is -2.56. The second kappa shape index (κ2) is 21.6. The highest BCUT2D eigenvalue weighted by molar-refractivity contribution is 6.23. The Kier molecular flexibility index (Phi) is 14.6. The molecule has 4 aliphatic heterocycles. The number of carbonyl (C=O) groups is 4. The summed E-state index contributed by atoms with van der Waals surface area (Å²) in [6, 6.07) is 33.2. The number of nitro groups is 1. The minimum atomic E-state index is -2.06. The number of fused-ring (bicyclic) bond motifs is 3. The molecule has 3 amide bonds. The number of anilines is 1. The number of aliphatic hydroxyl groups excluding tert-OH is 1. The molecule has 1 saturated carbocycles. The lowest BCUT2D eigenvalue weighted by molar-refractivity contribution is -0.384. The van der Waals surface area contributed by atoms with E-state index < -0.39 is 70.0 Å². The lowest BCUT2D eigenvalue weighted by atomic mass is 9.64. The fourth-order valence-electron chi connectivity index (χ4n) is 12.1. The number of benzene rings is 5. The van der Waals surface area contributed by atoms with Gasteiger partial charge in [-0.2, -0.15) is 0 Å². The first-order valence-corrected chi connectivity index (χ1v) is 25.9. The van der Waals surface area contributed by atoms with Crippen molar-refractivity contribution in [2.24, 2.45) is 5.92 Å². The minimum absolute atomic E-state index is 0.0236. The third-order valence-electron chi connectivity index (χ3n) is 15.5. The number of nitro benzene ring substituents is 1. The number of hydrogen-bond acceptors (Lipinski definition) is 12. The van der Waals surface area contributed by atoms with Crippen LogP contribution in [-0.4, -0.2) is 86.8 Å². The molecule has 15 heteroatoms. The number of hydrogen-bond donors (Lipinski definition) is 2. The second-order valence-corrected chi connectivity index (χ2v) is 20.0. The van der Waals surface area contributed by atoms with Crippen LogP contribution in [0, 0.1) is 27.9 Å². The first kappa shape index (κ1) is 50.2. The highest BCUT2D eigenvalue weighted by atomic mass is 16.6. The van der Waals surface area contributed by atoms with E-state index in [-0.39, 0.29) is 36.8 Å². The van der Waals surface area contributed by atoms with E-state index in [1.807, 2.05) is 65.6 Å². The number of carbonyl (C=O) groups excluding carboxylic acids is 4. The Bertz CT molecular complexity index is 2930. The predicted molar refractivity (Wildman–Crippen MR) is 273 cm³/mol. The molecule has 5 aromatic rings. The summed E-state index contributed by atoms with van der Waals surface area (Å²) in [6.45, 7) is 0.214. The third kappa shape index (κ3) is 9.54. The lowest BCUT2D eigenvalue weighted by Gasteiger charge is -2.46. The van der Waals surface area contributed by atoms with Crippen LogP contribution in [0.5, 0.6) is 5.75 Å². The number of likely N-dealkylation sites (tertiary alicyclic amines) is 1. The number of morpholine rings is 1. The maximum atomic E-state index is 16.8. The summed E-state index contributed by atoms with van der Waals surface area (Å²) >= 11 is 0. The molecule has 15 nitrogen and oxygen atoms in total. The number of ether oxygens (including phenoxy) is 3. The van der Waals surface area contributed by atoms with Gasteiger partial charge >= 0.3 is 12.1 Å². The van der Waals surface area contributed by atoms with Crippen LogP contribution in [0.4, 0.5) is 16.2 Å². The summed E-state index contributed by atoms with van der Waals surface area (Å²) < 4.78 is 18.5. The highest BCUT2D eigenvalue weighted by Crippen LogP contribution is 2.66. The Morgan fingerprint density at radius 2 is 1.39 bits per heavy atom. The summed E-state index contributed by atoms with van der Waals surface area (Å²) in [7, 11) is 0. The van der Waals surface area contributed by atoms with Gasteiger partial charge in [-0.25, -0.2) is 9.69 Å². The summed E-state index contributed by atoms with van der Waals surface area (Å²) in [5.74, 6) is 3.43. The molecule has 1 spiro atoms. The van der Waals surface area contributed by atoms with Gasteiger partial charge in [-0.05, 0) is 109 Å². The van der Waals surface area contributed by atoms with Crippen molar-refractivity contribution in [1.82, 2.24) is 9.80 Å². The van der Waals surface area contributed by atoms with Crippen LogP contribution < -0.4 is 9.64 Å². The Hall–Kier alpha value is -7.38. The van der Waals surface area contributed by atoms with Crippen molar-refractivity contribution in [3.05, 3.63) is 171 Å². The first-order valence-electron chi connectivity index (χ1n) is 25.9. The molecule has 4 heterocycles. The van der Waals surface area contributed by atoms with E-state index in [2.05, 4.69) is 11.8 Å². The number of imide groups is 1. The third-order valence-corrected chi connectivity index (χ3v) is 15.5. The topological polar surface area (TPSA) is 189 Å². The monoisotopic (exact) mass is 1000 g/mol. The standard InChI is InChI=1S/C59H60N4O11/c64-36-37-72-46-27-23-44(24-28-46)53-59(49(54(65)60-34-14-4-1-5-15-35-60)51-55(66)74-52(43-18-10-7-11-19-43)50(62(51)53)42-16-8-6-9-17-42)47-38-40(30-33-58(69)31-12-2-3-13-32-58)22-29-48(47)61(56(59)67)57(68)73-39-41-20-25-45(26-21-41)63(70)71/h6-11,16-29,38,49-53,64,69H,1-5,12-15,31-32,34-37,39H2. The van der Waals surface area contributed by atoms with Crippen molar-refractivity contribution in [3.8, 4) is 17.6 Å². The van der Waals surface area contributed by atoms with Gasteiger partial charge in [-0.1, -0.05) is 117 Å². The van der Waals surface area contributed by atoms with Crippen molar-refractivity contribution in [2.75, 3.05) is 31.2 Å². The maximum Gasteiger partial charge on any atom is 0.421 e. The van der Waals surface area contributed by atoms with E-state index >= 15 is 19.2 Å². The molecular formula is C59H60N4O11. The maximum absolute atomic E-state index is 16.8. The Morgan fingerprint density at radius 3 is 2.04 bits per heavy atom. The van der Waals surface area contributed by atoms with Crippen LogP contribution in [0.15, 0.2) is 127 Å². The fourth-order valence-corrected chi connectivity index (χ4v) is 12.1. The molecule has 3 saturated heterocycles. The van der Waals surface area contributed by atoms with E-state index in [1.165, 1.54) is 24.3 Å². The predicted octanol–water partition coefficient (Wildman–Crippen LogP) is 9.20. The van der Waals surface area contributed by atoms with Crippen LogP contribution in [0.25, 0.3) is 0 Å². The second-order valence-electron chi connectivity index (χ2n) is 20.0. The number of cyclic esters (lactones) is 1. The van der Waals surface area contributed by atoms with Gasteiger partial charge in [0.25, 0.3) is 5.69 Å². The van der Waals surface area contributed by atoms with E-state index in [4.69, 9.17) is 14.2 Å². The van der Waals surface area contributed by atoms with E-state index in [9.17, 15) is 20.3 Å². The van der Waals surface area contributed by atoms with E-state index in [1.54, 1.807) is 47.4 Å². The van der Waals surface area contributed by atoms with E-state index in [0.717, 1.165) is 55.4 Å². The Morgan fingerprint density at radius 1 is 0.757 bits per heavy atom. The first-order chi connectivity index (χ1) is 36.0. The molecule has 0 aromatic heterocycles. The Balaban J connectivity index is 1.23. The SMILES string of the molecule is O=C1OC(c2ccccc2)C(c2ccccc2)N2C1C(C(=O)N1CCCCCCC1)C1(C(=O)N(C(=O)OCc3ccc([N+](=O)[O-])cc3)c3ccc(C#CC4(O)CCCCCC4)cc31)C2c1ccc(OCCO)cc1. The molecule has 2 N–H and O–H groups in total. The van der Waals surface area contributed by atoms with Gasteiger partial charge in [-0.15, -0.1) is 0 Å². The van der Waals surface area contributed by atoms with Gasteiger partial charge in [0.2, 0.25) is 11.8 Å². The molecule has 4 fully saturated rings. The average Bonchev–Trinajstić information content (AvgIpc) is 3.77. The van der Waals surface area contributed by atoms with Gasteiger partial charge in [0.05, 0.1) is 35.2 Å². The van der Waals surface area contributed by atoms with Gasteiger partial charge in [0.15, 0.2) is 0 Å². The quantitative estimate of drug-likeness (QED) is 0.0444. The molecular weight excluding hydrogens is 941 g/mol. The zero-order chi connectivity index (χ0) is 51.4. The van der Waals surface area contributed by atoms with Crippen molar-refractivity contribution in [3.63, 3.8) is 0 Å². The molecule has 382 valence electrons. The molecule has 10 rings (SSSR count). The van der Waals surface area contributed by atoms with Gasteiger partial charge in [0, 0.05) is 30.8 Å². The molecule has 0 bridgehead atoms. The average molecular weight is 1000 g/mol. The molecule has 6 unspecified atom stereocenters. The normalized spacial score (nSPS) is 24.5. The van der Waals surface area contributed by atoms with Crippen molar-refractivity contribution in [2.45, 2.75) is 112 Å². The molecule has 5 aliphatic rings. The highest BCUT2D eigenvalue weighted by Gasteiger charge is 2.76. The molecule has 1 aliphatic carbocycles. The summed E-state index contributed by atoms with van der Waals surface area (Å²) in [5.41, 5.74) is -0.236. The zero-order valence-electron chi connectivity index (χ0n) is 41.2. The number of aliphatic hydroxyl groups is 2. The number of rotatable bonds is 10. The fraction of sp³-hybridized carbons (Fsp3) is 0.390. The zero-order valence-corrected chi connectivity index (χ0v) is 41.2. The number of non-ortho nitro benzene ring substituents is 1. The van der Waals surface area contributed by atoms with E-state index in [0.29, 0.717) is 66.8 Å². The molecule has 5 aromatic carbocycles. The van der Waals surface area contributed by atoms with Crippen LogP contribution in [-0.2, 0) is 35.9 Å². The van der Waals surface area contributed by atoms with Crippen LogP contribution in [0.3, 0.4) is 0 Å². The smallest absolute Gasteiger partial charge is 0.421 e. The number of amides is 3. The van der Waals surface area contributed by atoms with Crippen LogP contribution in [0.1, 0.15) is 122 Å². The molecule has 74 heavy (non-hydrogen) atoms. The van der Waals surface area contributed by atoms with Gasteiger partial charge in [0.1, 0.15) is 42.1 Å². The van der Waals surface area contributed by atoms with Crippen molar-refractivity contribution < 1.29 is 48.5 Å². The molecule has 6 atom stereocenters. The van der Waals surface area contributed by atoms with Crippen molar-refractivity contribution in [1.29, 1.82) is 0 Å².